The number of amidine groups is 2. The van der Waals surface area contributed by atoms with Crippen LogP contribution in [0.15, 0.2) is 69.3 Å². The van der Waals surface area contributed by atoms with E-state index in [2.05, 4.69) is 20.9 Å². The number of halogens is 1. The molecule has 0 bridgehead atoms. The smallest absolute Gasteiger partial charge is 0.282 e. The minimum absolute atomic E-state index is 0.0717. The Morgan fingerprint density at radius 1 is 1.27 bits per heavy atom. The lowest BCUT2D eigenvalue weighted by atomic mass is 10.1. The van der Waals surface area contributed by atoms with Crippen molar-refractivity contribution in [2.75, 3.05) is 7.11 Å². The molecule has 7 nitrogen and oxygen atoms in total. The molecule has 8 heteroatoms. The normalized spacial score (nSPS) is 16.8. The van der Waals surface area contributed by atoms with E-state index in [1.165, 1.54) is 5.06 Å². The van der Waals surface area contributed by atoms with Crippen LogP contribution in [0.2, 0.25) is 0 Å². The van der Waals surface area contributed by atoms with Gasteiger partial charge in [-0.2, -0.15) is 4.99 Å². The predicted octanol–water partition coefficient (Wildman–Crippen LogP) is 4.49. The molecule has 0 fully saturated rings. The monoisotopic (exact) mass is 467 g/mol. The van der Waals surface area contributed by atoms with Gasteiger partial charge in [-0.1, -0.05) is 30.3 Å². The van der Waals surface area contributed by atoms with Gasteiger partial charge < -0.3 is 14.3 Å². The number of benzene rings is 2. The van der Waals surface area contributed by atoms with Gasteiger partial charge in [0.1, 0.15) is 12.4 Å². The van der Waals surface area contributed by atoms with E-state index in [0.717, 1.165) is 5.56 Å². The zero-order valence-corrected chi connectivity index (χ0v) is 17.9. The molecule has 1 N–H and O–H groups in total. The molecule has 0 saturated carbocycles. The maximum atomic E-state index is 12.4. The van der Waals surface area contributed by atoms with E-state index < -0.39 is 5.91 Å². The van der Waals surface area contributed by atoms with Gasteiger partial charge in [-0.3, -0.25) is 10.2 Å². The summed E-state index contributed by atoms with van der Waals surface area (Å²) in [4.78, 5) is 21.9. The van der Waals surface area contributed by atoms with E-state index in [1.807, 2.05) is 30.3 Å². The van der Waals surface area contributed by atoms with Crippen molar-refractivity contribution in [1.29, 1.82) is 5.41 Å². The van der Waals surface area contributed by atoms with Crippen LogP contribution in [-0.4, -0.2) is 29.8 Å². The minimum Gasteiger partial charge on any atom is -0.493 e. The number of rotatable bonds is 5. The molecule has 2 aromatic carbocycles. The van der Waals surface area contributed by atoms with E-state index in [0.29, 0.717) is 39.7 Å². The third-order valence-electron chi connectivity index (χ3n) is 4.47. The molecule has 1 amide bonds. The van der Waals surface area contributed by atoms with Crippen LogP contribution >= 0.6 is 15.9 Å². The molecular formula is C22H18BrN3O4. The van der Waals surface area contributed by atoms with Crippen molar-refractivity contribution >= 4 is 39.6 Å². The van der Waals surface area contributed by atoms with Crippen LogP contribution < -0.4 is 9.47 Å². The molecule has 2 aromatic rings. The maximum Gasteiger partial charge on any atom is 0.282 e. The lowest BCUT2D eigenvalue weighted by molar-refractivity contribution is -0.114. The average Bonchev–Trinajstić information content (AvgIpc) is 3.11. The molecule has 2 aliphatic heterocycles. The van der Waals surface area contributed by atoms with Crippen LogP contribution in [0.5, 0.6) is 11.5 Å². The lowest BCUT2D eigenvalue weighted by Gasteiger charge is -2.23. The Bertz CT molecular complexity index is 1120. The van der Waals surface area contributed by atoms with Crippen molar-refractivity contribution in [1.82, 2.24) is 5.06 Å². The summed E-state index contributed by atoms with van der Waals surface area (Å²) in [6.45, 7) is 2.12. The second-order valence-corrected chi connectivity index (χ2v) is 7.49. The highest BCUT2D eigenvalue weighted by Gasteiger charge is 2.34. The quantitative estimate of drug-likeness (QED) is 0.654. The molecule has 0 aliphatic carbocycles. The molecule has 0 spiro atoms. The number of hydroxylamine groups is 2. The van der Waals surface area contributed by atoms with Crippen molar-refractivity contribution < 1.29 is 19.1 Å². The lowest BCUT2D eigenvalue weighted by Crippen LogP contribution is -2.38. The number of hydrogen-bond acceptors (Lipinski definition) is 5. The number of fused-ring (bicyclic) bond motifs is 1. The number of allylic oxidation sites excluding steroid dienone is 1. The average molecular weight is 468 g/mol. The molecule has 0 aromatic heterocycles. The van der Waals surface area contributed by atoms with Gasteiger partial charge in [0.05, 0.1) is 17.2 Å². The summed E-state index contributed by atoms with van der Waals surface area (Å²) >= 11 is 3.52. The van der Waals surface area contributed by atoms with E-state index in [1.54, 1.807) is 38.3 Å². The summed E-state index contributed by atoms with van der Waals surface area (Å²) in [5.41, 5.74) is 1.80. The molecule has 0 atom stereocenters. The van der Waals surface area contributed by atoms with Gasteiger partial charge >= 0.3 is 0 Å². The van der Waals surface area contributed by atoms with Gasteiger partial charge in [-0.05, 0) is 52.2 Å². The van der Waals surface area contributed by atoms with Crippen molar-refractivity contribution in [2.24, 2.45) is 4.99 Å². The number of nitrogens with one attached hydrogen (secondary N) is 1. The summed E-state index contributed by atoms with van der Waals surface area (Å²) in [6, 6.07) is 13.3. The van der Waals surface area contributed by atoms with Crippen molar-refractivity contribution in [3.63, 3.8) is 0 Å². The Morgan fingerprint density at radius 3 is 2.77 bits per heavy atom. The Morgan fingerprint density at radius 2 is 2.03 bits per heavy atom. The first-order chi connectivity index (χ1) is 14.5. The van der Waals surface area contributed by atoms with Crippen molar-refractivity contribution in [3.8, 4) is 11.5 Å². The molecule has 2 aliphatic rings. The van der Waals surface area contributed by atoms with E-state index in [4.69, 9.17) is 19.7 Å². The Hall–Kier alpha value is -3.39. The van der Waals surface area contributed by atoms with Crippen molar-refractivity contribution in [2.45, 2.75) is 13.5 Å². The van der Waals surface area contributed by atoms with Gasteiger partial charge in [0.15, 0.2) is 23.2 Å². The molecule has 2 heterocycles. The summed E-state index contributed by atoms with van der Waals surface area (Å²) in [6.07, 6.45) is 3.19. The number of hydrogen-bond donors (Lipinski definition) is 1. The van der Waals surface area contributed by atoms with Crippen LogP contribution in [-0.2, 0) is 16.2 Å². The number of aliphatic imine (C=N–C) groups is 1. The van der Waals surface area contributed by atoms with Gasteiger partial charge in [0, 0.05) is 6.08 Å². The fourth-order valence-corrected chi connectivity index (χ4v) is 3.63. The largest absolute Gasteiger partial charge is 0.493 e. The standard InChI is InChI=1S/C22H18BrN3O4/c1-13-8-19-25-22(27)16(21(24)26(19)30-13)9-15-10-17(23)20(18(11-15)28-2)29-12-14-6-4-3-5-7-14/h3-11,24H,12H2,1-2H3/b16-9-,24-21?. The third-order valence-corrected chi connectivity index (χ3v) is 5.06. The van der Waals surface area contributed by atoms with Crippen LogP contribution in [0, 0.1) is 5.41 Å². The first-order valence-corrected chi connectivity index (χ1v) is 9.90. The molecule has 0 radical (unpaired) electrons. The third kappa shape index (κ3) is 3.86. The highest BCUT2D eigenvalue weighted by molar-refractivity contribution is 9.10. The fourth-order valence-electron chi connectivity index (χ4n) is 3.06. The summed E-state index contributed by atoms with van der Waals surface area (Å²) in [7, 11) is 1.55. The van der Waals surface area contributed by atoms with Crippen LogP contribution in [0.3, 0.4) is 0 Å². The van der Waals surface area contributed by atoms with E-state index in [-0.39, 0.29) is 11.4 Å². The number of nitrogens with zero attached hydrogens (tertiary/aromatic N) is 2. The highest BCUT2D eigenvalue weighted by Crippen LogP contribution is 2.38. The number of methoxy groups -OCH3 is 1. The molecule has 4 rings (SSSR count). The minimum atomic E-state index is -0.500. The topological polar surface area (TPSA) is 84.2 Å². The Balaban J connectivity index is 1.62. The molecule has 152 valence electrons. The van der Waals surface area contributed by atoms with E-state index >= 15 is 0 Å². The molecular weight excluding hydrogens is 450 g/mol. The maximum absolute atomic E-state index is 12.4. The molecule has 0 unspecified atom stereocenters. The van der Waals surface area contributed by atoms with Crippen molar-refractivity contribution in [3.05, 3.63) is 75.5 Å². The second-order valence-electron chi connectivity index (χ2n) is 6.63. The summed E-state index contributed by atoms with van der Waals surface area (Å²) in [5, 5.41) is 9.56. The first-order valence-electron chi connectivity index (χ1n) is 9.10. The molecule has 0 saturated heterocycles. The second kappa shape index (κ2) is 8.16. The number of amides is 1. The number of ether oxygens (including phenoxy) is 2. The van der Waals surface area contributed by atoms with Crippen LogP contribution in [0.1, 0.15) is 18.1 Å². The van der Waals surface area contributed by atoms with Crippen LogP contribution in [0.4, 0.5) is 0 Å². The molecule has 30 heavy (non-hydrogen) atoms. The SMILES string of the molecule is COc1cc(/C=C2/C(=N)N3OC(C)=CC3=NC2=O)cc(Br)c1OCc1ccccc1. The summed E-state index contributed by atoms with van der Waals surface area (Å²) in [5.74, 6) is 1.36. The van der Waals surface area contributed by atoms with Gasteiger partial charge in [-0.25, -0.2) is 0 Å². The van der Waals surface area contributed by atoms with E-state index in [9.17, 15) is 4.79 Å². The van der Waals surface area contributed by atoms with Gasteiger partial charge in [0.25, 0.3) is 5.91 Å². The fraction of sp³-hybridized carbons (Fsp3) is 0.136. The Labute approximate surface area is 181 Å². The van der Waals surface area contributed by atoms with Crippen LogP contribution in [0.25, 0.3) is 6.08 Å². The highest BCUT2D eigenvalue weighted by atomic mass is 79.9. The number of carbonyl (C=O) groups excluding carboxylic acids is 1. The zero-order valence-electron chi connectivity index (χ0n) is 16.3. The summed E-state index contributed by atoms with van der Waals surface area (Å²) < 4.78 is 12.1. The van der Waals surface area contributed by atoms with Gasteiger partial charge in [0.2, 0.25) is 0 Å². The predicted molar refractivity (Wildman–Crippen MR) is 116 cm³/mol. The zero-order chi connectivity index (χ0) is 21.3. The number of carbonyl (C=O) groups is 1. The first kappa shape index (κ1) is 19.9. The van der Waals surface area contributed by atoms with Gasteiger partial charge in [-0.15, -0.1) is 5.06 Å². The Kier molecular flexibility index (Phi) is 5.41.